The minimum atomic E-state index is -0.122. The van der Waals surface area contributed by atoms with Crippen molar-refractivity contribution in [2.45, 2.75) is 46.6 Å². The van der Waals surface area contributed by atoms with Gasteiger partial charge in [-0.05, 0) is 40.3 Å². The summed E-state index contributed by atoms with van der Waals surface area (Å²) >= 11 is 0. The highest BCUT2D eigenvalue weighted by Crippen LogP contribution is 2.13. The molecule has 0 spiro atoms. The van der Waals surface area contributed by atoms with Crippen LogP contribution in [0.25, 0.3) is 0 Å². The molecule has 0 aromatic rings. The summed E-state index contributed by atoms with van der Waals surface area (Å²) in [6, 6.07) is 0. The quantitative estimate of drug-likeness (QED) is 0.610. The Kier molecular flexibility index (Phi) is 5.86. The highest BCUT2D eigenvalue weighted by atomic mass is 16.5. The lowest BCUT2D eigenvalue weighted by atomic mass is 10.2. The molecule has 0 unspecified atom stereocenters. The van der Waals surface area contributed by atoms with Gasteiger partial charge in [0.15, 0.2) is 0 Å². The molecular weight excluding hydrogens is 174 g/mol. The van der Waals surface area contributed by atoms with E-state index in [1.54, 1.807) is 0 Å². The molecule has 0 rings (SSSR count). The van der Waals surface area contributed by atoms with E-state index in [0.29, 0.717) is 0 Å². The van der Waals surface area contributed by atoms with E-state index in [4.69, 9.17) is 4.74 Å². The van der Waals surface area contributed by atoms with Gasteiger partial charge in [-0.25, -0.2) is 0 Å². The van der Waals surface area contributed by atoms with Crippen LogP contribution >= 0.6 is 0 Å². The molecule has 84 valence electrons. The van der Waals surface area contributed by atoms with Crippen molar-refractivity contribution in [3.05, 3.63) is 12.3 Å². The predicted molar refractivity (Wildman–Crippen MR) is 62.4 cm³/mol. The monoisotopic (exact) mass is 199 g/mol. The summed E-state index contributed by atoms with van der Waals surface area (Å²) in [5.74, 6) is 0.868. The minimum Gasteiger partial charge on any atom is -0.492 e. The fraction of sp³-hybridized carbons (Fsp3) is 0.833. The van der Waals surface area contributed by atoms with Gasteiger partial charge >= 0.3 is 0 Å². The Labute approximate surface area is 88.9 Å². The highest BCUT2D eigenvalue weighted by molar-refractivity contribution is 4.89. The lowest BCUT2D eigenvalue weighted by molar-refractivity contribution is 0.0400. The Balaban J connectivity index is 3.91. The van der Waals surface area contributed by atoms with Crippen LogP contribution in [0.15, 0.2) is 12.3 Å². The van der Waals surface area contributed by atoms with E-state index < -0.39 is 0 Å². The van der Waals surface area contributed by atoms with Gasteiger partial charge in [0.2, 0.25) is 0 Å². The summed E-state index contributed by atoms with van der Waals surface area (Å²) < 4.78 is 5.68. The van der Waals surface area contributed by atoms with E-state index in [1.807, 2.05) is 20.8 Å². The third-order valence-electron chi connectivity index (χ3n) is 1.84. The van der Waals surface area contributed by atoms with Crippen LogP contribution < -0.4 is 0 Å². The van der Waals surface area contributed by atoms with Crippen LogP contribution in [0, 0.1) is 0 Å². The molecule has 14 heavy (non-hydrogen) atoms. The second-order valence-corrected chi connectivity index (χ2v) is 4.62. The molecule has 0 amide bonds. The molecular formula is C12H25NO. The fourth-order valence-corrected chi connectivity index (χ4v) is 1.38. The van der Waals surface area contributed by atoms with Crippen LogP contribution in [-0.2, 0) is 4.74 Å². The lowest BCUT2D eigenvalue weighted by Crippen LogP contribution is -2.29. The van der Waals surface area contributed by atoms with Crippen LogP contribution in [0.4, 0.5) is 0 Å². The molecule has 2 heteroatoms. The smallest absolute Gasteiger partial charge is 0.104 e. The lowest BCUT2D eigenvalue weighted by Gasteiger charge is -2.26. The van der Waals surface area contributed by atoms with Crippen LogP contribution in [-0.4, -0.2) is 30.1 Å². The molecule has 0 aliphatic carbocycles. The summed E-state index contributed by atoms with van der Waals surface area (Å²) in [6.45, 7) is 17.5. The molecule has 0 saturated carbocycles. The van der Waals surface area contributed by atoms with E-state index >= 15 is 0 Å². The van der Waals surface area contributed by atoms with Crippen LogP contribution in [0.5, 0.6) is 0 Å². The maximum absolute atomic E-state index is 5.68. The first kappa shape index (κ1) is 13.5. The van der Waals surface area contributed by atoms with Gasteiger partial charge in [-0.3, -0.25) is 4.90 Å². The van der Waals surface area contributed by atoms with E-state index in [-0.39, 0.29) is 5.60 Å². The zero-order valence-corrected chi connectivity index (χ0v) is 10.4. The van der Waals surface area contributed by atoms with Crippen molar-refractivity contribution >= 4 is 0 Å². The number of hydrogen-bond acceptors (Lipinski definition) is 2. The third kappa shape index (κ3) is 6.96. The van der Waals surface area contributed by atoms with Crippen molar-refractivity contribution in [2.75, 3.05) is 19.6 Å². The van der Waals surface area contributed by atoms with Gasteiger partial charge in [-0.1, -0.05) is 20.4 Å². The number of nitrogens with zero attached hydrogens (tertiary/aromatic N) is 1. The number of likely N-dealkylation sites (N-methyl/N-ethyl adjacent to an activating group) is 1. The van der Waals surface area contributed by atoms with Crippen molar-refractivity contribution in [3.63, 3.8) is 0 Å². The third-order valence-corrected chi connectivity index (χ3v) is 1.84. The topological polar surface area (TPSA) is 12.5 Å². The second kappa shape index (κ2) is 6.07. The standard InChI is InChI=1S/C12H25NO/c1-7-9-13(8-2)10-11(3)14-12(4,5)6/h3,7-10H2,1-2,4-6H3. The summed E-state index contributed by atoms with van der Waals surface area (Å²) in [6.07, 6.45) is 1.18. The van der Waals surface area contributed by atoms with Crippen LogP contribution in [0.2, 0.25) is 0 Å². The Morgan fingerprint density at radius 2 is 1.86 bits per heavy atom. The van der Waals surface area contributed by atoms with Crippen LogP contribution in [0.3, 0.4) is 0 Å². The Morgan fingerprint density at radius 1 is 1.29 bits per heavy atom. The molecule has 0 heterocycles. The average Bonchev–Trinajstić information content (AvgIpc) is 2.00. The first-order valence-corrected chi connectivity index (χ1v) is 5.48. The first-order chi connectivity index (χ1) is 6.39. The summed E-state index contributed by atoms with van der Waals surface area (Å²) in [7, 11) is 0. The van der Waals surface area contributed by atoms with Gasteiger partial charge in [0.25, 0.3) is 0 Å². The fourth-order valence-electron chi connectivity index (χ4n) is 1.38. The number of ether oxygens (including phenoxy) is 1. The molecule has 0 aromatic heterocycles. The second-order valence-electron chi connectivity index (χ2n) is 4.62. The molecule has 0 aromatic carbocycles. The minimum absolute atomic E-state index is 0.122. The SMILES string of the molecule is C=C(CN(CC)CCC)OC(C)(C)C. The van der Waals surface area contributed by atoms with Gasteiger partial charge in [-0.2, -0.15) is 0 Å². The molecule has 0 bridgehead atoms. The van der Waals surface area contributed by atoms with Gasteiger partial charge in [0.05, 0.1) is 6.54 Å². The number of hydrogen-bond donors (Lipinski definition) is 0. The van der Waals surface area contributed by atoms with E-state index in [2.05, 4.69) is 25.3 Å². The summed E-state index contributed by atoms with van der Waals surface area (Å²) in [4.78, 5) is 2.34. The molecule has 0 aliphatic rings. The molecule has 0 aliphatic heterocycles. The van der Waals surface area contributed by atoms with E-state index in [0.717, 1.165) is 25.4 Å². The molecule has 2 nitrogen and oxygen atoms in total. The zero-order valence-electron chi connectivity index (χ0n) is 10.4. The van der Waals surface area contributed by atoms with Crippen molar-refractivity contribution in [2.24, 2.45) is 0 Å². The van der Waals surface area contributed by atoms with Gasteiger partial charge < -0.3 is 4.74 Å². The molecule has 0 atom stereocenters. The van der Waals surface area contributed by atoms with Gasteiger partial charge in [0, 0.05) is 0 Å². The Hall–Kier alpha value is -0.500. The van der Waals surface area contributed by atoms with Gasteiger partial charge in [-0.15, -0.1) is 0 Å². The van der Waals surface area contributed by atoms with E-state index in [1.165, 1.54) is 6.42 Å². The molecule has 0 fully saturated rings. The maximum atomic E-state index is 5.68. The molecule has 0 radical (unpaired) electrons. The largest absolute Gasteiger partial charge is 0.492 e. The Morgan fingerprint density at radius 3 is 2.21 bits per heavy atom. The zero-order chi connectivity index (χ0) is 11.2. The Bertz CT molecular complexity index is 170. The van der Waals surface area contributed by atoms with Crippen molar-refractivity contribution in [1.82, 2.24) is 4.90 Å². The van der Waals surface area contributed by atoms with Crippen molar-refractivity contribution in [1.29, 1.82) is 0 Å². The van der Waals surface area contributed by atoms with Gasteiger partial charge in [0.1, 0.15) is 11.4 Å². The first-order valence-electron chi connectivity index (χ1n) is 5.48. The molecule has 0 N–H and O–H groups in total. The molecule has 0 saturated heterocycles. The average molecular weight is 199 g/mol. The highest BCUT2D eigenvalue weighted by Gasteiger charge is 2.13. The normalized spacial score (nSPS) is 11.9. The summed E-state index contributed by atoms with van der Waals surface area (Å²) in [5, 5.41) is 0. The summed E-state index contributed by atoms with van der Waals surface area (Å²) in [5.41, 5.74) is -0.122. The van der Waals surface area contributed by atoms with Crippen molar-refractivity contribution in [3.8, 4) is 0 Å². The van der Waals surface area contributed by atoms with Crippen molar-refractivity contribution < 1.29 is 4.74 Å². The predicted octanol–water partition coefficient (Wildman–Crippen LogP) is 3.05. The number of rotatable bonds is 6. The van der Waals surface area contributed by atoms with E-state index in [9.17, 15) is 0 Å². The van der Waals surface area contributed by atoms with Crippen LogP contribution in [0.1, 0.15) is 41.0 Å². The maximum Gasteiger partial charge on any atom is 0.104 e.